The van der Waals surface area contributed by atoms with Crippen molar-refractivity contribution < 1.29 is 0 Å². The van der Waals surface area contributed by atoms with Crippen LogP contribution in [-0.2, 0) is 0 Å². The van der Waals surface area contributed by atoms with Crippen molar-refractivity contribution in [3.63, 3.8) is 0 Å². The van der Waals surface area contributed by atoms with Gasteiger partial charge in [-0.15, -0.1) is 0 Å². The third-order valence-electron chi connectivity index (χ3n) is 0.571. The largest absolute Gasteiger partial charge is 0.318 e. The second-order valence-electron chi connectivity index (χ2n) is 1.20. The lowest BCUT2D eigenvalue weighted by molar-refractivity contribution is 0.689. The van der Waals surface area contributed by atoms with Gasteiger partial charge in [0.25, 0.3) is 0 Å². The molecule has 0 aliphatic rings. The van der Waals surface area contributed by atoms with Crippen LogP contribution in [0.3, 0.4) is 0 Å². The maximum absolute atomic E-state index is 5.10. The zero-order chi connectivity index (χ0) is 4.83. The number of nitrogens with two attached hydrogens (primary N) is 1. The molecule has 0 unspecified atom stereocenters. The Morgan fingerprint density at radius 1 is 1.67 bits per heavy atom. The first-order valence-electron chi connectivity index (χ1n) is 2.32. The lowest BCUT2D eigenvalue weighted by atomic mass is 10.5. The second-order valence-corrected chi connectivity index (χ2v) is 1.20. The van der Waals surface area contributed by atoms with Crippen LogP contribution in [0.2, 0.25) is 0 Å². The molecule has 0 radical (unpaired) electrons. The fourth-order valence-corrected chi connectivity index (χ4v) is 0.279. The van der Waals surface area contributed by atoms with Crippen LogP contribution in [0.15, 0.2) is 0 Å². The summed E-state index contributed by atoms with van der Waals surface area (Å²) in [6, 6.07) is 0. The van der Waals surface area contributed by atoms with Gasteiger partial charge in [0.1, 0.15) is 0 Å². The molecule has 0 heterocycles. The van der Waals surface area contributed by atoms with E-state index >= 15 is 0 Å². The Hall–Kier alpha value is -0.0800. The van der Waals surface area contributed by atoms with Gasteiger partial charge >= 0.3 is 0 Å². The molecule has 0 aliphatic heterocycles. The van der Waals surface area contributed by atoms with Gasteiger partial charge in [-0.2, -0.15) is 0 Å². The Morgan fingerprint density at radius 3 is 2.50 bits per heavy atom. The van der Waals surface area contributed by atoms with Gasteiger partial charge in [-0.25, -0.2) is 0 Å². The quantitative estimate of drug-likeness (QED) is 0.373. The molecule has 0 amide bonds. The number of hydrogen-bond donors (Lipinski definition) is 2. The molecule has 0 aromatic carbocycles. The summed E-state index contributed by atoms with van der Waals surface area (Å²) in [7, 11) is 0. The first kappa shape index (κ1) is 5.92. The molecule has 0 bridgehead atoms. The number of hydrogen-bond acceptors (Lipinski definition) is 2. The first-order chi connectivity index (χ1) is 2.91. The standard InChI is InChI=1S/C4H12N2/c1-2-3-6-4-5/h6H,2-5H2,1H3. The molecular weight excluding hydrogens is 76.1 g/mol. The highest BCUT2D eigenvalue weighted by Crippen LogP contribution is 1.63. The zero-order valence-electron chi connectivity index (χ0n) is 4.20. The molecule has 0 aromatic rings. The lowest BCUT2D eigenvalue weighted by Crippen LogP contribution is -2.22. The van der Waals surface area contributed by atoms with Crippen LogP contribution < -0.4 is 11.1 Å². The number of rotatable bonds is 3. The zero-order valence-corrected chi connectivity index (χ0v) is 4.20. The van der Waals surface area contributed by atoms with E-state index in [1.807, 2.05) is 0 Å². The monoisotopic (exact) mass is 88.1 g/mol. The smallest absolute Gasteiger partial charge is 0.0428 e. The van der Waals surface area contributed by atoms with Crippen LogP contribution >= 0.6 is 0 Å². The maximum Gasteiger partial charge on any atom is 0.0428 e. The van der Waals surface area contributed by atoms with Crippen molar-refractivity contribution in [2.24, 2.45) is 5.73 Å². The molecule has 2 heteroatoms. The van der Waals surface area contributed by atoms with Crippen molar-refractivity contribution in [1.29, 1.82) is 0 Å². The van der Waals surface area contributed by atoms with Crippen molar-refractivity contribution in [1.82, 2.24) is 5.32 Å². The summed E-state index contributed by atoms with van der Waals surface area (Å²) < 4.78 is 0. The highest BCUT2D eigenvalue weighted by atomic mass is 14.9. The Labute approximate surface area is 38.7 Å². The number of nitrogens with one attached hydrogen (secondary N) is 1. The molecule has 0 aliphatic carbocycles. The molecule has 0 saturated carbocycles. The van der Waals surface area contributed by atoms with Gasteiger partial charge in [-0.05, 0) is 13.0 Å². The lowest BCUT2D eigenvalue weighted by Gasteiger charge is -1.92. The normalized spacial score (nSPS) is 9.00. The van der Waals surface area contributed by atoms with Gasteiger partial charge < -0.3 is 11.1 Å². The Kier molecular flexibility index (Phi) is 4.85. The molecule has 38 valence electrons. The third kappa shape index (κ3) is 3.92. The van der Waals surface area contributed by atoms with Gasteiger partial charge in [-0.1, -0.05) is 6.92 Å². The van der Waals surface area contributed by atoms with Gasteiger partial charge in [0.2, 0.25) is 0 Å². The summed E-state index contributed by atoms with van der Waals surface area (Å²) >= 11 is 0. The van der Waals surface area contributed by atoms with Gasteiger partial charge in [-0.3, -0.25) is 0 Å². The van der Waals surface area contributed by atoms with Gasteiger partial charge in [0.05, 0.1) is 0 Å². The molecule has 0 spiro atoms. The summed E-state index contributed by atoms with van der Waals surface area (Å²) in [4.78, 5) is 0. The van der Waals surface area contributed by atoms with Crippen LogP contribution in [0.25, 0.3) is 0 Å². The Bertz CT molecular complexity index is 17.5. The topological polar surface area (TPSA) is 38.0 Å². The summed E-state index contributed by atoms with van der Waals surface area (Å²) in [6.45, 7) is 3.76. The van der Waals surface area contributed by atoms with E-state index in [4.69, 9.17) is 5.73 Å². The van der Waals surface area contributed by atoms with Crippen molar-refractivity contribution in [2.75, 3.05) is 13.2 Å². The highest BCUT2D eigenvalue weighted by Gasteiger charge is 1.71. The van der Waals surface area contributed by atoms with E-state index < -0.39 is 0 Å². The third-order valence-corrected chi connectivity index (χ3v) is 0.571. The molecular formula is C4H12N2. The van der Waals surface area contributed by atoms with Crippen LogP contribution in [0.1, 0.15) is 13.3 Å². The van der Waals surface area contributed by atoms with Gasteiger partial charge in [0.15, 0.2) is 0 Å². The van der Waals surface area contributed by atoms with E-state index in [1.54, 1.807) is 0 Å². The van der Waals surface area contributed by atoms with E-state index in [1.165, 1.54) is 0 Å². The van der Waals surface area contributed by atoms with E-state index in [2.05, 4.69) is 12.2 Å². The van der Waals surface area contributed by atoms with Gasteiger partial charge in [0, 0.05) is 6.67 Å². The fraction of sp³-hybridized carbons (Fsp3) is 1.00. The van der Waals surface area contributed by atoms with E-state index in [0.717, 1.165) is 13.0 Å². The van der Waals surface area contributed by atoms with Crippen molar-refractivity contribution in [3.8, 4) is 0 Å². The minimum Gasteiger partial charge on any atom is -0.318 e. The average Bonchev–Trinajstić information content (AvgIpc) is 1.61. The van der Waals surface area contributed by atoms with Crippen molar-refractivity contribution >= 4 is 0 Å². The van der Waals surface area contributed by atoms with Crippen LogP contribution in [0.4, 0.5) is 0 Å². The molecule has 3 N–H and O–H groups in total. The van der Waals surface area contributed by atoms with E-state index in [9.17, 15) is 0 Å². The summed E-state index contributed by atoms with van der Waals surface area (Å²) in [5.74, 6) is 0. The van der Waals surface area contributed by atoms with E-state index in [0.29, 0.717) is 6.67 Å². The fourth-order valence-electron chi connectivity index (χ4n) is 0.279. The highest BCUT2D eigenvalue weighted by molar-refractivity contribution is 4.34. The molecule has 0 rings (SSSR count). The minimum absolute atomic E-state index is 0.605. The Morgan fingerprint density at radius 2 is 2.33 bits per heavy atom. The molecule has 0 saturated heterocycles. The summed E-state index contributed by atoms with van der Waals surface area (Å²) in [6.07, 6.45) is 1.16. The predicted molar refractivity (Wildman–Crippen MR) is 27.3 cm³/mol. The Balaban J connectivity index is 2.34. The predicted octanol–water partition coefficient (Wildman–Crippen LogP) is -0.0978. The van der Waals surface area contributed by atoms with Crippen LogP contribution in [0, 0.1) is 0 Å². The van der Waals surface area contributed by atoms with Crippen LogP contribution in [0.5, 0.6) is 0 Å². The summed E-state index contributed by atoms with van der Waals surface area (Å²) in [5.41, 5.74) is 5.10. The van der Waals surface area contributed by atoms with Crippen molar-refractivity contribution in [3.05, 3.63) is 0 Å². The molecule has 2 nitrogen and oxygen atoms in total. The van der Waals surface area contributed by atoms with Crippen molar-refractivity contribution in [2.45, 2.75) is 13.3 Å². The maximum atomic E-state index is 5.10. The average molecular weight is 88.2 g/mol. The van der Waals surface area contributed by atoms with E-state index in [-0.39, 0.29) is 0 Å². The molecule has 0 atom stereocenters. The molecule has 0 fully saturated rings. The van der Waals surface area contributed by atoms with Crippen LogP contribution in [-0.4, -0.2) is 13.2 Å². The molecule has 0 aromatic heterocycles. The first-order valence-corrected chi connectivity index (χ1v) is 2.32. The summed E-state index contributed by atoms with van der Waals surface area (Å²) in [5, 5.41) is 2.98. The minimum atomic E-state index is 0.605. The SMILES string of the molecule is CCCNCN. The second kappa shape index (κ2) is 4.92. The molecule has 6 heavy (non-hydrogen) atoms.